The van der Waals surface area contributed by atoms with Crippen LogP contribution in [0.15, 0.2) is 18.2 Å². The number of carbonyl (C=O) groups is 2. The van der Waals surface area contributed by atoms with Crippen molar-refractivity contribution >= 4 is 11.9 Å². The Balaban J connectivity index is 1.97. The second kappa shape index (κ2) is 7.31. The van der Waals surface area contributed by atoms with Crippen molar-refractivity contribution in [3.05, 3.63) is 35.4 Å². The minimum absolute atomic E-state index is 0.0451. The Bertz CT molecular complexity index is 703. The topological polar surface area (TPSA) is 66.8 Å². The van der Waals surface area contributed by atoms with Gasteiger partial charge in [0.15, 0.2) is 0 Å². The summed E-state index contributed by atoms with van der Waals surface area (Å²) in [6, 6.07) is 3.27. The van der Waals surface area contributed by atoms with Crippen LogP contribution in [0.4, 0.5) is 8.78 Å². The second-order valence-electron chi connectivity index (χ2n) is 7.40. The molecule has 2 heterocycles. The molecule has 1 aromatic carbocycles. The SMILES string of the molecule is CC1CC(C(=O)O)CN(C(=O)C2(c3ccc(F)cc3F)CCOCC2)C1. The smallest absolute Gasteiger partial charge is 0.308 e. The molecule has 2 aliphatic heterocycles. The lowest BCUT2D eigenvalue weighted by Gasteiger charge is -2.43. The van der Waals surface area contributed by atoms with Gasteiger partial charge in [-0.2, -0.15) is 0 Å². The van der Waals surface area contributed by atoms with Crippen LogP contribution in [0.1, 0.15) is 31.7 Å². The van der Waals surface area contributed by atoms with E-state index < -0.39 is 28.9 Å². The first-order valence-electron chi connectivity index (χ1n) is 8.89. The molecule has 1 N–H and O–H groups in total. The first-order valence-corrected chi connectivity index (χ1v) is 8.89. The monoisotopic (exact) mass is 367 g/mol. The van der Waals surface area contributed by atoms with E-state index in [-0.39, 0.29) is 36.8 Å². The maximum Gasteiger partial charge on any atom is 0.308 e. The molecule has 1 amide bonds. The van der Waals surface area contributed by atoms with Crippen molar-refractivity contribution in [1.82, 2.24) is 4.90 Å². The molecular weight excluding hydrogens is 344 g/mol. The largest absolute Gasteiger partial charge is 0.481 e. The van der Waals surface area contributed by atoms with Gasteiger partial charge in [-0.3, -0.25) is 9.59 Å². The lowest BCUT2D eigenvalue weighted by atomic mass is 9.72. The summed E-state index contributed by atoms with van der Waals surface area (Å²) in [5.41, 5.74) is -0.979. The molecule has 2 saturated heterocycles. The molecule has 5 nitrogen and oxygen atoms in total. The summed E-state index contributed by atoms with van der Waals surface area (Å²) in [7, 11) is 0. The van der Waals surface area contributed by atoms with Crippen LogP contribution in [-0.4, -0.2) is 48.2 Å². The van der Waals surface area contributed by atoms with Gasteiger partial charge in [0, 0.05) is 37.9 Å². The highest BCUT2D eigenvalue weighted by Crippen LogP contribution is 2.39. The molecule has 2 atom stereocenters. The Morgan fingerprint density at radius 3 is 2.54 bits per heavy atom. The van der Waals surface area contributed by atoms with E-state index in [0.717, 1.165) is 12.1 Å². The van der Waals surface area contributed by atoms with Crippen molar-refractivity contribution in [2.75, 3.05) is 26.3 Å². The highest BCUT2D eigenvalue weighted by atomic mass is 19.1. The summed E-state index contributed by atoms with van der Waals surface area (Å²) in [6.45, 7) is 3.06. The molecule has 0 bridgehead atoms. The first kappa shape index (κ1) is 18.8. The quantitative estimate of drug-likeness (QED) is 0.892. The molecule has 7 heteroatoms. The number of ether oxygens (including phenoxy) is 1. The summed E-state index contributed by atoms with van der Waals surface area (Å²) < 4.78 is 33.3. The van der Waals surface area contributed by atoms with Gasteiger partial charge in [-0.15, -0.1) is 0 Å². The normalized spacial score (nSPS) is 25.7. The van der Waals surface area contributed by atoms with E-state index in [2.05, 4.69) is 0 Å². The molecule has 1 aromatic rings. The fraction of sp³-hybridized carbons (Fsp3) is 0.579. The predicted octanol–water partition coefficient (Wildman–Crippen LogP) is 2.58. The van der Waals surface area contributed by atoms with Crippen molar-refractivity contribution in [3.63, 3.8) is 0 Å². The van der Waals surface area contributed by atoms with Gasteiger partial charge in [-0.05, 0) is 31.2 Å². The molecule has 3 rings (SSSR count). The number of piperidine rings is 1. The van der Waals surface area contributed by atoms with Gasteiger partial charge in [-0.25, -0.2) is 8.78 Å². The average Bonchev–Trinajstić information content (AvgIpc) is 2.61. The third kappa shape index (κ3) is 3.45. The minimum atomic E-state index is -1.14. The Labute approximate surface area is 150 Å². The summed E-state index contributed by atoms with van der Waals surface area (Å²) in [6.07, 6.45) is 1.09. The highest BCUT2D eigenvalue weighted by molar-refractivity contribution is 5.89. The van der Waals surface area contributed by atoms with Crippen LogP contribution in [0.2, 0.25) is 0 Å². The van der Waals surface area contributed by atoms with Gasteiger partial charge in [-0.1, -0.05) is 13.0 Å². The number of benzene rings is 1. The fourth-order valence-corrected chi connectivity index (χ4v) is 4.19. The molecule has 2 unspecified atom stereocenters. The summed E-state index contributed by atoms with van der Waals surface area (Å²) >= 11 is 0. The van der Waals surface area contributed by atoms with Crippen LogP contribution >= 0.6 is 0 Å². The molecule has 2 fully saturated rings. The molecule has 0 aromatic heterocycles. The molecule has 2 aliphatic rings. The lowest BCUT2D eigenvalue weighted by Crippen LogP contribution is -2.55. The van der Waals surface area contributed by atoms with E-state index in [1.165, 1.54) is 6.07 Å². The summed E-state index contributed by atoms with van der Waals surface area (Å²) in [5, 5.41) is 9.36. The number of likely N-dealkylation sites (tertiary alicyclic amines) is 1. The van der Waals surface area contributed by atoms with Crippen LogP contribution < -0.4 is 0 Å². The second-order valence-corrected chi connectivity index (χ2v) is 7.40. The van der Waals surface area contributed by atoms with Crippen LogP contribution in [0.25, 0.3) is 0 Å². The number of hydrogen-bond acceptors (Lipinski definition) is 3. The Kier molecular flexibility index (Phi) is 5.27. The Morgan fingerprint density at radius 2 is 1.92 bits per heavy atom. The number of halogens is 2. The standard InChI is InChI=1S/C19H23F2NO4/c1-12-8-13(17(23)24)11-22(10-12)18(25)19(4-6-26-7-5-19)15-3-2-14(20)9-16(15)21/h2-3,9,12-13H,4-8,10-11H2,1H3,(H,23,24). The van der Waals surface area contributed by atoms with Gasteiger partial charge >= 0.3 is 5.97 Å². The van der Waals surface area contributed by atoms with Crippen LogP contribution in [0, 0.1) is 23.5 Å². The molecular formula is C19H23F2NO4. The number of nitrogens with zero attached hydrogens (tertiary/aromatic N) is 1. The molecule has 0 aliphatic carbocycles. The Morgan fingerprint density at radius 1 is 1.23 bits per heavy atom. The van der Waals surface area contributed by atoms with E-state index >= 15 is 0 Å². The van der Waals surface area contributed by atoms with Crippen LogP contribution in [0.3, 0.4) is 0 Å². The van der Waals surface area contributed by atoms with Gasteiger partial charge in [0.2, 0.25) is 5.91 Å². The van der Waals surface area contributed by atoms with Gasteiger partial charge in [0.05, 0.1) is 11.3 Å². The molecule has 26 heavy (non-hydrogen) atoms. The molecule has 142 valence electrons. The molecule has 0 saturated carbocycles. The van der Waals surface area contributed by atoms with E-state index in [4.69, 9.17) is 4.74 Å². The zero-order valence-electron chi connectivity index (χ0n) is 14.7. The van der Waals surface area contributed by atoms with Crippen molar-refractivity contribution in [3.8, 4) is 0 Å². The number of amides is 1. The zero-order valence-corrected chi connectivity index (χ0v) is 14.7. The third-order valence-electron chi connectivity index (χ3n) is 5.50. The van der Waals surface area contributed by atoms with Gasteiger partial charge in [0.25, 0.3) is 0 Å². The molecule has 0 radical (unpaired) electrons. The predicted molar refractivity (Wildman–Crippen MR) is 89.6 cm³/mol. The van der Waals surface area contributed by atoms with Crippen molar-refractivity contribution < 1.29 is 28.2 Å². The van der Waals surface area contributed by atoms with Crippen molar-refractivity contribution in [2.24, 2.45) is 11.8 Å². The highest BCUT2D eigenvalue weighted by Gasteiger charge is 2.47. The Hall–Kier alpha value is -2.02. The number of aliphatic carboxylic acids is 1. The fourth-order valence-electron chi connectivity index (χ4n) is 4.19. The number of rotatable bonds is 3. The maximum atomic E-state index is 14.5. The van der Waals surface area contributed by atoms with E-state index in [1.807, 2.05) is 6.92 Å². The average molecular weight is 367 g/mol. The van der Waals surface area contributed by atoms with Crippen molar-refractivity contribution in [2.45, 2.75) is 31.6 Å². The number of carboxylic acid groups (broad SMARTS) is 1. The van der Waals surface area contributed by atoms with E-state index in [9.17, 15) is 23.5 Å². The van der Waals surface area contributed by atoms with Crippen molar-refractivity contribution in [1.29, 1.82) is 0 Å². The minimum Gasteiger partial charge on any atom is -0.481 e. The zero-order chi connectivity index (χ0) is 18.9. The lowest BCUT2D eigenvalue weighted by molar-refractivity contribution is -0.150. The first-order chi connectivity index (χ1) is 12.3. The number of carboxylic acids is 1. The summed E-state index contributed by atoms with van der Waals surface area (Å²) in [4.78, 5) is 26.4. The van der Waals surface area contributed by atoms with E-state index in [0.29, 0.717) is 26.2 Å². The summed E-state index contributed by atoms with van der Waals surface area (Å²) in [5.74, 6) is -3.24. The number of hydrogen-bond donors (Lipinski definition) is 1. The molecule has 0 spiro atoms. The van der Waals surface area contributed by atoms with Gasteiger partial charge in [0.1, 0.15) is 11.6 Å². The van der Waals surface area contributed by atoms with E-state index in [1.54, 1.807) is 4.90 Å². The third-order valence-corrected chi connectivity index (χ3v) is 5.50. The van der Waals surface area contributed by atoms with Crippen LogP contribution in [-0.2, 0) is 19.7 Å². The van der Waals surface area contributed by atoms with Crippen LogP contribution in [0.5, 0.6) is 0 Å². The maximum absolute atomic E-state index is 14.5. The van der Waals surface area contributed by atoms with Gasteiger partial charge < -0.3 is 14.7 Å². The number of carbonyl (C=O) groups excluding carboxylic acids is 1.